The third kappa shape index (κ3) is 3.61. The Morgan fingerprint density at radius 2 is 2.30 bits per heavy atom. The fourth-order valence-electron chi connectivity index (χ4n) is 2.51. The van der Waals surface area contributed by atoms with Crippen LogP contribution in [0.25, 0.3) is 0 Å². The highest BCUT2D eigenvalue weighted by Gasteiger charge is 2.53. The van der Waals surface area contributed by atoms with Gasteiger partial charge in [0.2, 0.25) is 0 Å². The van der Waals surface area contributed by atoms with E-state index in [0.29, 0.717) is 0 Å². The number of nitrogens with two attached hydrogens (primary N) is 1. The zero-order valence-corrected chi connectivity index (χ0v) is 15.2. The van der Waals surface area contributed by atoms with Gasteiger partial charge in [-0.2, -0.15) is 0 Å². The minimum Gasteiger partial charge on any atom is -0.477 e. The minimum absolute atomic E-state index is 0.0163. The number of oxime groups is 1. The van der Waals surface area contributed by atoms with Crippen LogP contribution in [0.4, 0.5) is 5.13 Å². The van der Waals surface area contributed by atoms with E-state index in [1.807, 2.05) is 0 Å². The molecule has 1 aromatic heterocycles. The van der Waals surface area contributed by atoms with E-state index >= 15 is 0 Å². The third-order valence-electron chi connectivity index (χ3n) is 3.69. The maximum atomic E-state index is 12.6. The molecule has 0 spiro atoms. The van der Waals surface area contributed by atoms with Gasteiger partial charge in [-0.05, 0) is 19.9 Å². The maximum absolute atomic E-state index is 12.6. The van der Waals surface area contributed by atoms with E-state index < -0.39 is 30.1 Å². The topological polar surface area (TPSA) is 156 Å². The summed E-state index contributed by atoms with van der Waals surface area (Å²) in [6.07, 6.45) is 0.107. The number of hydrogen-bond acceptors (Lipinski definition) is 9. The number of anilines is 1. The zero-order valence-electron chi connectivity index (χ0n) is 14.4. The number of nitrogens with zero attached hydrogens (tertiary/aromatic N) is 3. The van der Waals surface area contributed by atoms with Crippen molar-refractivity contribution in [1.29, 1.82) is 0 Å². The second kappa shape index (κ2) is 7.32. The van der Waals surface area contributed by atoms with Gasteiger partial charge in [-0.15, -0.1) is 11.3 Å². The van der Waals surface area contributed by atoms with Crippen LogP contribution >= 0.6 is 11.3 Å². The normalized spacial score (nSPS) is 22.0. The number of nitrogens with one attached hydrogen (secondary N) is 1. The van der Waals surface area contributed by atoms with E-state index in [4.69, 9.17) is 20.4 Å². The molecule has 0 aliphatic carbocycles. The number of carboxylic acid groups (broad SMARTS) is 1. The average molecular weight is 395 g/mol. The summed E-state index contributed by atoms with van der Waals surface area (Å²) in [7, 11) is 0. The van der Waals surface area contributed by atoms with Crippen molar-refractivity contribution in [1.82, 2.24) is 15.2 Å². The van der Waals surface area contributed by atoms with Crippen molar-refractivity contribution < 1.29 is 29.1 Å². The van der Waals surface area contributed by atoms with Gasteiger partial charge in [0.05, 0.1) is 6.61 Å². The Bertz CT molecular complexity index is 848. The fraction of sp³-hybridized carbons (Fsp3) is 0.400. The van der Waals surface area contributed by atoms with Crippen LogP contribution in [0.1, 0.15) is 19.5 Å². The lowest BCUT2D eigenvalue weighted by Gasteiger charge is -2.47. The molecule has 2 aliphatic heterocycles. The van der Waals surface area contributed by atoms with Crippen molar-refractivity contribution in [2.24, 2.45) is 5.16 Å². The zero-order chi connectivity index (χ0) is 19.7. The lowest BCUT2D eigenvalue weighted by molar-refractivity contribution is -0.183. The van der Waals surface area contributed by atoms with Gasteiger partial charge in [0, 0.05) is 5.38 Å². The number of rotatable bonds is 6. The van der Waals surface area contributed by atoms with Gasteiger partial charge in [0.1, 0.15) is 17.5 Å². The van der Waals surface area contributed by atoms with Crippen LogP contribution in [0.2, 0.25) is 0 Å². The first-order valence-electron chi connectivity index (χ1n) is 7.93. The predicted octanol–water partition coefficient (Wildman–Crippen LogP) is -0.494. The number of ether oxygens (including phenoxy) is 1. The van der Waals surface area contributed by atoms with E-state index in [9.17, 15) is 14.4 Å². The van der Waals surface area contributed by atoms with Crippen molar-refractivity contribution in [3.8, 4) is 0 Å². The first kappa shape index (κ1) is 18.8. The predicted molar refractivity (Wildman–Crippen MR) is 93.5 cm³/mol. The molecule has 3 rings (SSSR count). The molecule has 3 heterocycles. The Labute approximate surface area is 157 Å². The van der Waals surface area contributed by atoms with Crippen LogP contribution in [0.15, 0.2) is 22.3 Å². The third-order valence-corrected chi connectivity index (χ3v) is 4.36. The molecule has 4 N–H and O–H groups in total. The minimum atomic E-state index is -1.24. The lowest BCUT2D eigenvalue weighted by Crippen LogP contribution is -2.72. The second-order valence-corrected chi connectivity index (χ2v) is 6.83. The molecule has 1 aromatic rings. The molecule has 2 aliphatic rings. The molecule has 144 valence electrons. The van der Waals surface area contributed by atoms with Gasteiger partial charge < -0.3 is 25.7 Å². The molecule has 27 heavy (non-hydrogen) atoms. The quantitative estimate of drug-likeness (QED) is 0.331. The average Bonchev–Trinajstić information content (AvgIpc) is 3.04. The van der Waals surface area contributed by atoms with Gasteiger partial charge in [0.25, 0.3) is 11.8 Å². The van der Waals surface area contributed by atoms with Crippen molar-refractivity contribution in [2.75, 3.05) is 12.3 Å². The standard InChI is InChI=1S/C15H17N5O6S/c1-6(2)26-19-9(7-5-27-15(16)17-7)11(21)18-10-12(22)20-8(14(23)24)3-4-25-13(10)20/h3,5-6,10,13H,4H2,1-2H3,(H2,16,17)(H,18,21)(H,23,24)/b19-9-/t10-,13-/m1/s1. The smallest absolute Gasteiger partial charge is 0.352 e. The van der Waals surface area contributed by atoms with E-state index in [-0.39, 0.29) is 34.9 Å². The van der Waals surface area contributed by atoms with E-state index in [2.05, 4.69) is 15.5 Å². The van der Waals surface area contributed by atoms with E-state index in [1.54, 1.807) is 13.8 Å². The molecular weight excluding hydrogens is 378 g/mol. The molecule has 11 nitrogen and oxygen atoms in total. The number of thiazole rings is 1. The van der Waals surface area contributed by atoms with Crippen molar-refractivity contribution in [3.05, 3.63) is 22.8 Å². The van der Waals surface area contributed by atoms with Crippen LogP contribution < -0.4 is 11.1 Å². The number of carboxylic acids is 1. The SMILES string of the molecule is CC(C)O/N=C(\C(=O)N[C@@H]1C(=O)N2C(C(=O)O)=CCO[C@H]12)c1csc(N)n1. The van der Waals surface area contributed by atoms with E-state index in [1.165, 1.54) is 11.5 Å². The van der Waals surface area contributed by atoms with Gasteiger partial charge in [-0.3, -0.25) is 14.5 Å². The number of amides is 2. The highest BCUT2D eigenvalue weighted by Crippen LogP contribution is 2.29. The van der Waals surface area contributed by atoms with Crippen LogP contribution in [-0.2, 0) is 24.0 Å². The summed E-state index contributed by atoms with van der Waals surface area (Å²) in [5, 5.41) is 17.2. The number of β-lactam (4-membered cyclic amide) rings is 1. The molecule has 0 radical (unpaired) electrons. The molecular formula is C15H17N5O6S. The molecule has 0 unspecified atom stereocenters. The molecule has 1 saturated heterocycles. The first-order valence-corrected chi connectivity index (χ1v) is 8.81. The van der Waals surface area contributed by atoms with Gasteiger partial charge in [-0.1, -0.05) is 5.16 Å². The highest BCUT2D eigenvalue weighted by molar-refractivity contribution is 7.13. The maximum Gasteiger partial charge on any atom is 0.352 e. The van der Waals surface area contributed by atoms with Gasteiger partial charge in [-0.25, -0.2) is 9.78 Å². The fourth-order valence-corrected chi connectivity index (χ4v) is 3.05. The Morgan fingerprint density at radius 3 is 2.89 bits per heavy atom. The molecule has 0 bridgehead atoms. The molecule has 2 atom stereocenters. The monoisotopic (exact) mass is 395 g/mol. The summed E-state index contributed by atoms with van der Waals surface area (Å²) < 4.78 is 5.37. The first-order chi connectivity index (χ1) is 12.8. The number of hydrogen-bond donors (Lipinski definition) is 3. The Balaban J connectivity index is 1.77. The second-order valence-electron chi connectivity index (χ2n) is 5.94. The number of carbonyl (C=O) groups excluding carboxylic acids is 2. The van der Waals surface area contributed by atoms with Crippen LogP contribution in [0, 0.1) is 0 Å². The van der Waals surface area contributed by atoms with Crippen molar-refractivity contribution in [2.45, 2.75) is 32.2 Å². The molecule has 0 saturated carbocycles. The largest absolute Gasteiger partial charge is 0.477 e. The summed E-state index contributed by atoms with van der Waals surface area (Å²) in [6, 6.07) is -1.04. The number of aliphatic carboxylic acids is 1. The number of nitrogen functional groups attached to an aromatic ring is 1. The molecule has 1 fully saturated rings. The molecule has 12 heteroatoms. The summed E-state index contributed by atoms with van der Waals surface area (Å²) in [5.41, 5.74) is 5.48. The van der Waals surface area contributed by atoms with Gasteiger partial charge >= 0.3 is 5.97 Å². The van der Waals surface area contributed by atoms with Crippen molar-refractivity contribution >= 4 is 40.0 Å². The summed E-state index contributed by atoms with van der Waals surface area (Å²) >= 11 is 1.12. The Kier molecular flexibility index (Phi) is 5.10. The summed E-state index contributed by atoms with van der Waals surface area (Å²) in [4.78, 5) is 46.3. The van der Waals surface area contributed by atoms with Crippen LogP contribution in [0.3, 0.4) is 0 Å². The van der Waals surface area contributed by atoms with Crippen LogP contribution in [-0.4, -0.2) is 63.5 Å². The number of carbonyl (C=O) groups is 3. The lowest BCUT2D eigenvalue weighted by atomic mass is 10.0. The van der Waals surface area contributed by atoms with Crippen molar-refractivity contribution in [3.63, 3.8) is 0 Å². The van der Waals surface area contributed by atoms with E-state index in [0.717, 1.165) is 16.2 Å². The Morgan fingerprint density at radius 1 is 1.56 bits per heavy atom. The molecule has 2 amide bonds. The van der Waals surface area contributed by atoms with Crippen LogP contribution in [0.5, 0.6) is 0 Å². The number of aromatic nitrogens is 1. The summed E-state index contributed by atoms with van der Waals surface area (Å²) in [5.74, 6) is -2.55. The Hall–Kier alpha value is -2.99. The number of fused-ring (bicyclic) bond motifs is 1. The summed E-state index contributed by atoms with van der Waals surface area (Å²) in [6.45, 7) is 3.48. The van der Waals surface area contributed by atoms with Gasteiger partial charge in [0.15, 0.2) is 23.1 Å². The molecule has 0 aromatic carbocycles. The highest BCUT2D eigenvalue weighted by atomic mass is 32.1.